The van der Waals surface area contributed by atoms with Crippen molar-refractivity contribution in [3.63, 3.8) is 0 Å². The summed E-state index contributed by atoms with van der Waals surface area (Å²) in [4.78, 5) is 26.8. The monoisotopic (exact) mass is 363 g/mol. The smallest absolute Gasteiger partial charge is 0.229 e. The van der Waals surface area contributed by atoms with Crippen molar-refractivity contribution in [3.05, 3.63) is 34.9 Å². The SMILES string of the molecule is CC(C)CCN1CC[C@@]2(CCc3ccc(C(=O)CO)cc3C2)C1=O.S. The Morgan fingerprint density at radius 1 is 1.28 bits per heavy atom. The van der Waals surface area contributed by atoms with E-state index in [2.05, 4.69) is 13.8 Å². The molecule has 1 fully saturated rings. The molecule has 0 radical (unpaired) electrons. The number of amides is 1. The minimum Gasteiger partial charge on any atom is -0.388 e. The van der Waals surface area contributed by atoms with Crippen molar-refractivity contribution in [1.82, 2.24) is 4.90 Å². The van der Waals surface area contributed by atoms with Gasteiger partial charge in [0.2, 0.25) is 5.91 Å². The second-order valence-electron chi connectivity index (χ2n) is 7.75. The number of hydrogen-bond donors (Lipinski definition) is 1. The van der Waals surface area contributed by atoms with Gasteiger partial charge in [-0.2, -0.15) is 13.5 Å². The lowest BCUT2D eigenvalue weighted by Gasteiger charge is -2.33. The molecule has 5 heteroatoms. The van der Waals surface area contributed by atoms with Crippen LogP contribution in [0.15, 0.2) is 18.2 Å². The van der Waals surface area contributed by atoms with E-state index in [0.29, 0.717) is 17.4 Å². The zero-order valence-corrected chi connectivity index (χ0v) is 16.2. The summed E-state index contributed by atoms with van der Waals surface area (Å²) in [5, 5.41) is 9.07. The van der Waals surface area contributed by atoms with Gasteiger partial charge in [0.05, 0.1) is 5.41 Å². The van der Waals surface area contributed by atoms with Crippen molar-refractivity contribution in [2.24, 2.45) is 11.3 Å². The van der Waals surface area contributed by atoms with Gasteiger partial charge in [-0.25, -0.2) is 0 Å². The van der Waals surface area contributed by atoms with E-state index in [1.807, 2.05) is 17.0 Å². The molecule has 1 spiro atoms. The lowest BCUT2D eigenvalue weighted by Crippen LogP contribution is -2.39. The Balaban J connectivity index is 0.00000225. The molecule has 1 N–H and O–H groups in total. The Morgan fingerprint density at radius 3 is 2.72 bits per heavy atom. The van der Waals surface area contributed by atoms with E-state index in [0.717, 1.165) is 50.8 Å². The van der Waals surface area contributed by atoms with E-state index in [1.165, 1.54) is 5.56 Å². The Labute approximate surface area is 157 Å². The maximum atomic E-state index is 13.0. The van der Waals surface area contributed by atoms with Crippen LogP contribution in [0.1, 0.15) is 54.6 Å². The van der Waals surface area contributed by atoms with Gasteiger partial charge in [-0.1, -0.05) is 26.0 Å². The summed E-state index contributed by atoms with van der Waals surface area (Å²) in [6.45, 7) is 5.62. The van der Waals surface area contributed by atoms with Gasteiger partial charge in [-0.15, -0.1) is 0 Å². The van der Waals surface area contributed by atoms with Gasteiger partial charge in [0.15, 0.2) is 5.78 Å². The highest BCUT2D eigenvalue weighted by molar-refractivity contribution is 7.59. The molecule has 138 valence electrons. The molecule has 1 aliphatic carbocycles. The fraction of sp³-hybridized carbons (Fsp3) is 0.600. The number of carbonyl (C=O) groups is 2. The van der Waals surface area contributed by atoms with Gasteiger partial charge in [0, 0.05) is 18.7 Å². The number of aliphatic hydroxyl groups is 1. The van der Waals surface area contributed by atoms with Crippen molar-refractivity contribution >= 4 is 25.2 Å². The number of likely N-dealkylation sites (tertiary alicyclic amines) is 1. The molecule has 3 rings (SSSR count). The van der Waals surface area contributed by atoms with Crippen LogP contribution in [0.5, 0.6) is 0 Å². The molecule has 0 saturated carbocycles. The summed E-state index contributed by atoms with van der Waals surface area (Å²) in [7, 11) is 0. The molecular formula is C20H29NO3S. The largest absolute Gasteiger partial charge is 0.388 e. The molecule has 0 unspecified atom stereocenters. The van der Waals surface area contributed by atoms with Crippen LogP contribution in [0.4, 0.5) is 0 Å². The molecule has 1 aromatic rings. The molecule has 1 aromatic carbocycles. The van der Waals surface area contributed by atoms with E-state index in [9.17, 15) is 9.59 Å². The third-order valence-electron chi connectivity index (χ3n) is 5.65. The van der Waals surface area contributed by atoms with Crippen LogP contribution in [0.25, 0.3) is 0 Å². The average Bonchev–Trinajstić information content (AvgIpc) is 2.87. The molecule has 0 bridgehead atoms. The second-order valence-corrected chi connectivity index (χ2v) is 7.75. The van der Waals surface area contributed by atoms with Crippen molar-refractivity contribution in [3.8, 4) is 0 Å². The first kappa shape index (κ1) is 20.0. The lowest BCUT2D eigenvalue weighted by atomic mass is 9.70. The van der Waals surface area contributed by atoms with Crippen LogP contribution in [0, 0.1) is 11.3 Å². The number of aliphatic hydroxyl groups excluding tert-OH is 1. The third-order valence-corrected chi connectivity index (χ3v) is 5.65. The summed E-state index contributed by atoms with van der Waals surface area (Å²) in [5.41, 5.74) is 2.63. The Morgan fingerprint density at radius 2 is 2.04 bits per heavy atom. The highest BCUT2D eigenvalue weighted by Gasteiger charge is 2.47. The molecule has 1 amide bonds. The number of nitrogens with zero attached hydrogens (tertiary/aromatic N) is 1. The summed E-state index contributed by atoms with van der Waals surface area (Å²) in [5.74, 6) is 0.648. The third kappa shape index (κ3) is 3.93. The van der Waals surface area contributed by atoms with Crippen LogP contribution < -0.4 is 0 Å². The first-order valence-corrected chi connectivity index (χ1v) is 9.00. The standard InChI is InChI=1S/C20H27NO3.H2S/c1-14(2)6-9-21-10-8-20(19(21)24)7-5-15-3-4-16(18(23)13-22)11-17(15)12-20;/h3-4,11,14,22H,5-10,12-13H2,1-2H3;1H2/t20-;/m1./s1. The van der Waals surface area contributed by atoms with Gasteiger partial charge in [-0.3, -0.25) is 9.59 Å². The maximum absolute atomic E-state index is 13.0. The molecule has 1 atom stereocenters. The summed E-state index contributed by atoms with van der Waals surface area (Å²) in [6, 6.07) is 5.67. The Hall–Kier alpha value is -1.33. The van der Waals surface area contributed by atoms with Gasteiger partial charge < -0.3 is 10.0 Å². The lowest BCUT2D eigenvalue weighted by molar-refractivity contribution is -0.136. The highest BCUT2D eigenvalue weighted by atomic mass is 32.1. The number of aryl methyl sites for hydroxylation is 1. The topological polar surface area (TPSA) is 57.6 Å². The van der Waals surface area contributed by atoms with Crippen molar-refractivity contribution in [2.45, 2.75) is 46.0 Å². The van der Waals surface area contributed by atoms with Crippen molar-refractivity contribution in [1.29, 1.82) is 0 Å². The molecule has 1 heterocycles. The fourth-order valence-corrected chi connectivity index (χ4v) is 4.04. The van der Waals surface area contributed by atoms with E-state index in [-0.39, 0.29) is 24.7 Å². The van der Waals surface area contributed by atoms with Crippen molar-refractivity contribution in [2.75, 3.05) is 19.7 Å². The predicted octanol–water partition coefficient (Wildman–Crippen LogP) is 2.73. The number of Topliss-reactive ketones (excluding diaryl/α,β-unsaturated/α-hetero) is 1. The number of fused-ring (bicyclic) bond motifs is 1. The minimum absolute atomic E-state index is 0. The van der Waals surface area contributed by atoms with Crippen LogP contribution in [0.3, 0.4) is 0 Å². The van der Waals surface area contributed by atoms with E-state index in [4.69, 9.17) is 5.11 Å². The molecule has 1 saturated heterocycles. The number of hydrogen-bond acceptors (Lipinski definition) is 3. The second kappa shape index (κ2) is 7.92. The predicted molar refractivity (Wildman–Crippen MR) is 103 cm³/mol. The van der Waals surface area contributed by atoms with Gasteiger partial charge >= 0.3 is 0 Å². The van der Waals surface area contributed by atoms with E-state index in [1.54, 1.807) is 6.07 Å². The van der Waals surface area contributed by atoms with Crippen LogP contribution >= 0.6 is 13.5 Å². The van der Waals surface area contributed by atoms with Gasteiger partial charge in [0.1, 0.15) is 6.61 Å². The Kier molecular flexibility index (Phi) is 6.33. The number of rotatable bonds is 5. The molecule has 2 aliphatic rings. The minimum atomic E-state index is -0.466. The molecular weight excluding hydrogens is 334 g/mol. The van der Waals surface area contributed by atoms with Crippen LogP contribution in [0.2, 0.25) is 0 Å². The number of benzene rings is 1. The van der Waals surface area contributed by atoms with Gasteiger partial charge in [0.25, 0.3) is 0 Å². The maximum Gasteiger partial charge on any atom is 0.229 e. The molecule has 25 heavy (non-hydrogen) atoms. The number of ketones is 1. The summed E-state index contributed by atoms with van der Waals surface area (Å²) >= 11 is 0. The highest BCUT2D eigenvalue weighted by Crippen LogP contribution is 2.44. The van der Waals surface area contributed by atoms with Gasteiger partial charge in [-0.05, 0) is 55.2 Å². The summed E-state index contributed by atoms with van der Waals surface area (Å²) < 4.78 is 0. The average molecular weight is 364 g/mol. The fourth-order valence-electron chi connectivity index (χ4n) is 4.04. The van der Waals surface area contributed by atoms with Crippen LogP contribution in [-0.4, -0.2) is 41.4 Å². The zero-order valence-electron chi connectivity index (χ0n) is 15.2. The van der Waals surface area contributed by atoms with Crippen molar-refractivity contribution < 1.29 is 14.7 Å². The van der Waals surface area contributed by atoms with E-state index < -0.39 is 6.61 Å². The zero-order chi connectivity index (χ0) is 17.3. The molecule has 0 aromatic heterocycles. The Bertz CT molecular complexity index is 658. The molecule has 1 aliphatic heterocycles. The molecule has 4 nitrogen and oxygen atoms in total. The van der Waals surface area contributed by atoms with E-state index >= 15 is 0 Å². The van der Waals surface area contributed by atoms with Crippen LogP contribution in [-0.2, 0) is 17.6 Å². The first-order valence-electron chi connectivity index (χ1n) is 9.00. The first-order chi connectivity index (χ1) is 11.4. The normalized spacial score (nSPS) is 22.2. The quantitative estimate of drug-likeness (QED) is 0.819. The number of carbonyl (C=O) groups excluding carboxylic acids is 2. The summed E-state index contributed by atoms with van der Waals surface area (Å²) in [6.07, 6.45) is 4.50.